The minimum atomic E-state index is -4.77. The van der Waals surface area contributed by atoms with Crippen LogP contribution in [-0.2, 0) is 21.6 Å². The number of halogens is 1. The number of anilines is 1. The van der Waals surface area contributed by atoms with E-state index in [1.54, 1.807) is 6.92 Å². The first-order chi connectivity index (χ1) is 8.82. The SMILES string of the molecule is Cc1ncc(CO)c(N2CC(S(=O)(=O)F)CC2=O)n1. The van der Waals surface area contributed by atoms with E-state index in [0.29, 0.717) is 5.82 Å². The van der Waals surface area contributed by atoms with Crippen molar-refractivity contribution in [2.45, 2.75) is 25.2 Å². The van der Waals surface area contributed by atoms with Crippen LogP contribution < -0.4 is 4.90 Å². The molecule has 1 aromatic heterocycles. The normalized spacial score (nSPS) is 20.1. The smallest absolute Gasteiger partial charge is 0.307 e. The molecule has 104 valence electrons. The highest BCUT2D eigenvalue weighted by Crippen LogP contribution is 2.26. The second-order valence-electron chi connectivity index (χ2n) is 4.23. The molecule has 2 heterocycles. The molecule has 0 aliphatic carbocycles. The lowest BCUT2D eigenvalue weighted by molar-refractivity contribution is -0.117. The summed E-state index contributed by atoms with van der Waals surface area (Å²) in [6, 6.07) is 0. The molecule has 1 fully saturated rings. The van der Waals surface area contributed by atoms with E-state index in [1.807, 2.05) is 0 Å². The Balaban J connectivity index is 2.38. The first kappa shape index (κ1) is 13.8. The lowest BCUT2D eigenvalue weighted by Crippen LogP contribution is -2.29. The van der Waals surface area contributed by atoms with E-state index in [0.717, 1.165) is 4.90 Å². The molecule has 1 saturated heterocycles. The van der Waals surface area contributed by atoms with Crippen LogP contribution in [0.5, 0.6) is 0 Å². The minimum Gasteiger partial charge on any atom is -0.391 e. The van der Waals surface area contributed by atoms with E-state index < -0.39 is 34.4 Å². The average Bonchev–Trinajstić information content (AvgIpc) is 2.71. The van der Waals surface area contributed by atoms with E-state index >= 15 is 0 Å². The van der Waals surface area contributed by atoms with Crippen LogP contribution in [0.1, 0.15) is 17.8 Å². The maximum Gasteiger partial charge on any atom is 0.307 e. The summed E-state index contributed by atoms with van der Waals surface area (Å²) in [6.07, 6.45) is 0.926. The largest absolute Gasteiger partial charge is 0.391 e. The number of hydrogen-bond acceptors (Lipinski definition) is 6. The Hall–Kier alpha value is -1.61. The van der Waals surface area contributed by atoms with Crippen LogP contribution in [-0.4, -0.2) is 41.2 Å². The number of carbonyl (C=O) groups excluding carboxylic acids is 1. The highest BCUT2D eigenvalue weighted by atomic mass is 32.3. The highest BCUT2D eigenvalue weighted by Gasteiger charge is 2.40. The van der Waals surface area contributed by atoms with Crippen molar-refractivity contribution in [1.29, 1.82) is 0 Å². The van der Waals surface area contributed by atoms with E-state index in [4.69, 9.17) is 0 Å². The van der Waals surface area contributed by atoms with Gasteiger partial charge < -0.3 is 5.11 Å². The third-order valence-corrected chi connectivity index (χ3v) is 3.99. The van der Waals surface area contributed by atoms with E-state index in [-0.39, 0.29) is 17.9 Å². The molecule has 7 nitrogen and oxygen atoms in total. The van der Waals surface area contributed by atoms with Gasteiger partial charge in [0.1, 0.15) is 16.9 Å². The lowest BCUT2D eigenvalue weighted by Gasteiger charge is -2.17. The molecule has 1 aliphatic rings. The third-order valence-electron chi connectivity index (χ3n) is 2.88. The van der Waals surface area contributed by atoms with Crippen molar-refractivity contribution in [3.8, 4) is 0 Å². The number of carbonyl (C=O) groups is 1. The van der Waals surface area contributed by atoms with Gasteiger partial charge in [0, 0.05) is 24.7 Å². The lowest BCUT2D eigenvalue weighted by atomic mass is 10.3. The minimum absolute atomic E-state index is 0.131. The maximum atomic E-state index is 12.9. The van der Waals surface area contributed by atoms with Gasteiger partial charge in [-0.1, -0.05) is 0 Å². The first-order valence-electron chi connectivity index (χ1n) is 5.50. The van der Waals surface area contributed by atoms with Gasteiger partial charge in [0.2, 0.25) is 5.91 Å². The number of aliphatic hydroxyl groups is 1. The molecule has 0 aromatic carbocycles. The van der Waals surface area contributed by atoms with Gasteiger partial charge >= 0.3 is 10.2 Å². The summed E-state index contributed by atoms with van der Waals surface area (Å²) >= 11 is 0. The first-order valence-corrected chi connectivity index (χ1v) is 6.95. The molecule has 2 rings (SSSR count). The fourth-order valence-corrected chi connectivity index (χ4v) is 2.57. The summed E-state index contributed by atoms with van der Waals surface area (Å²) in [5.41, 5.74) is 0.288. The summed E-state index contributed by atoms with van der Waals surface area (Å²) < 4.78 is 34.6. The van der Waals surface area contributed by atoms with Crippen LogP contribution >= 0.6 is 0 Å². The third kappa shape index (κ3) is 2.71. The van der Waals surface area contributed by atoms with Gasteiger partial charge in [0.15, 0.2) is 0 Å². The molecule has 1 aliphatic heterocycles. The Morgan fingerprint density at radius 2 is 2.26 bits per heavy atom. The Morgan fingerprint density at radius 1 is 1.58 bits per heavy atom. The van der Waals surface area contributed by atoms with Crippen LogP contribution in [0.3, 0.4) is 0 Å². The van der Waals surface area contributed by atoms with Crippen molar-refractivity contribution >= 4 is 21.9 Å². The molecule has 1 amide bonds. The van der Waals surface area contributed by atoms with Crippen molar-refractivity contribution in [2.24, 2.45) is 0 Å². The number of aliphatic hydroxyl groups excluding tert-OH is 1. The maximum absolute atomic E-state index is 12.9. The molecular weight excluding hydrogens is 277 g/mol. The van der Waals surface area contributed by atoms with E-state index in [9.17, 15) is 22.2 Å². The molecule has 0 spiro atoms. The zero-order valence-corrected chi connectivity index (χ0v) is 10.9. The van der Waals surface area contributed by atoms with Crippen molar-refractivity contribution in [1.82, 2.24) is 9.97 Å². The molecule has 9 heteroatoms. The Bertz CT molecular complexity index is 619. The molecule has 1 unspecified atom stereocenters. The van der Waals surface area contributed by atoms with Crippen LogP contribution in [0, 0.1) is 6.92 Å². The Kier molecular flexibility index (Phi) is 3.50. The van der Waals surface area contributed by atoms with Crippen LogP contribution in [0.2, 0.25) is 0 Å². The fourth-order valence-electron chi connectivity index (χ4n) is 1.90. The predicted molar refractivity (Wildman–Crippen MR) is 63.5 cm³/mol. The summed E-state index contributed by atoms with van der Waals surface area (Å²) in [6.45, 7) is 0.891. The molecule has 19 heavy (non-hydrogen) atoms. The number of aromatic nitrogens is 2. The number of amides is 1. The fraction of sp³-hybridized carbons (Fsp3) is 0.500. The van der Waals surface area contributed by atoms with Crippen molar-refractivity contribution in [3.63, 3.8) is 0 Å². The topological polar surface area (TPSA) is 100 Å². The summed E-state index contributed by atoms with van der Waals surface area (Å²) in [5, 5.41) is 7.78. The Labute approximate surface area is 109 Å². The van der Waals surface area contributed by atoms with Crippen molar-refractivity contribution in [2.75, 3.05) is 11.4 Å². The molecule has 1 N–H and O–H groups in total. The second kappa shape index (κ2) is 4.82. The van der Waals surface area contributed by atoms with Crippen LogP contribution in [0.25, 0.3) is 0 Å². The average molecular weight is 289 g/mol. The highest BCUT2D eigenvalue weighted by molar-refractivity contribution is 7.87. The van der Waals surface area contributed by atoms with Gasteiger partial charge in [-0.05, 0) is 6.92 Å². The standard InChI is InChI=1S/C10H12FN3O4S/c1-6-12-3-7(5-15)10(13-6)14-4-8(2-9(14)16)19(11,17)18/h3,8,15H,2,4-5H2,1H3. The molecule has 0 bridgehead atoms. The van der Waals surface area contributed by atoms with Crippen LogP contribution in [0.15, 0.2) is 6.20 Å². The summed E-state index contributed by atoms with van der Waals surface area (Å²) in [7, 11) is -4.77. The van der Waals surface area contributed by atoms with E-state index in [2.05, 4.69) is 9.97 Å². The van der Waals surface area contributed by atoms with Crippen molar-refractivity contribution < 1.29 is 22.2 Å². The number of rotatable bonds is 3. The van der Waals surface area contributed by atoms with Crippen molar-refractivity contribution in [3.05, 3.63) is 17.6 Å². The molecule has 1 aromatic rings. The quantitative estimate of drug-likeness (QED) is 0.766. The second-order valence-corrected chi connectivity index (χ2v) is 5.85. The van der Waals surface area contributed by atoms with Crippen LogP contribution in [0.4, 0.5) is 9.70 Å². The number of nitrogens with zero attached hydrogens (tertiary/aromatic N) is 3. The molecule has 0 radical (unpaired) electrons. The van der Waals surface area contributed by atoms with Gasteiger partial charge in [-0.25, -0.2) is 9.97 Å². The van der Waals surface area contributed by atoms with E-state index in [1.165, 1.54) is 6.20 Å². The summed E-state index contributed by atoms with van der Waals surface area (Å²) in [4.78, 5) is 20.7. The molecule has 0 saturated carbocycles. The van der Waals surface area contributed by atoms with Gasteiger partial charge in [-0.2, -0.15) is 8.42 Å². The van der Waals surface area contributed by atoms with Gasteiger partial charge in [-0.15, -0.1) is 3.89 Å². The monoisotopic (exact) mass is 289 g/mol. The van der Waals surface area contributed by atoms with Gasteiger partial charge in [0.25, 0.3) is 0 Å². The van der Waals surface area contributed by atoms with Gasteiger partial charge in [0.05, 0.1) is 6.61 Å². The Morgan fingerprint density at radius 3 is 2.79 bits per heavy atom. The number of hydrogen-bond donors (Lipinski definition) is 1. The predicted octanol–water partition coefficient (Wildman–Crippen LogP) is -0.318. The summed E-state index contributed by atoms with van der Waals surface area (Å²) in [5.74, 6) is -0.0447. The molecule has 1 atom stereocenters. The van der Waals surface area contributed by atoms with Gasteiger partial charge in [-0.3, -0.25) is 9.69 Å². The zero-order valence-electron chi connectivity index (χ0n) is 10.1. The molecular formula is C10H12FN3O4S. The zero-order chi connectivity index (χ0) is 14.2. The number of aryl methyl sites for hydroxylation is 1.